The molecule has 0 spiro atoms. The van der Waals surface area contributed by atoms with E-state index < -0.39 is 17.7 Å². The van der Waals surface area contributed by atoms with E-state index in [0.717, 1.165) is 22.4 Å². The van der Waals surface area contributed by atoms with Gasteiger partial charge in [-0.2, -0.15) is 0 Å². The molecule has 4 rings (SSSR count). The number of methoxy groups -OCH3 is 1. The molecule has 0 fully saturated rings. The van der Waals surface area contributed by atoms with Crippen LogP contribution in [-0.2, 0) is 11.2 Å². The standard InChI is InChI=1S/C25H23NO4S/c1-16-5-9-18(10-6-16)22-21(23(27)20-4-3-15-31-20)24(28)25(29)26(22)14-13-17-7-11-19(30-2)12-8-17/h3-12,15,22,28H,13-14H2,1-2H3/t22-/m0/s1. The summed E-state index contributed by atoms with van der Waals surface area (Å²) in [6.07, 6.45) is 0.589. The van der Waals surface area contributed by atoms with E-state index >= 15 is 0 Å². The second kappa shape index (κ2) is 8.78. The zero-order chi connectivity index (χ0) is 22.0. The lowest BCUT2D eigenvalue weighted by atomic mass is 9.94. The van der Waals surface area contributed by atoms with Crippen molar-refractivity contribution in [2.75, 3.05) is 13.7 Å². The lowest BCUT2D eigenvalue weighted by Crippen LogP contribution is -2.33. The topological polar surface area (TPSA) is 66.8 Å². The maximum absolute atomic E-state index is 13.2. The maximum atomic E-state index is 13.2. The van der Waals surface area contributed by atoms with E-state index in [4.69, 9.17) is 4.74 Å². The summed E-state index contributed by atoms with van der Waals surface area (Å²) < 4.78 is 5.20. The number of nitrogens with zero attached hydrogens (tertiary/aromatic N) is 1. The van der Waals surface area contributed by atoms with E-state index in [2.05, 4.69) is 0 Å². The highest BCUT2D eigenvalue weighted by Crippen LogP contribution is 2.39. The predicted octanol–water partition coefficient (Wildman–Crippen LogP) is 4.89. The molecule has 0 aliphatic carbocycles. The summed E-state index contributed by atoms with van der Waals surface area (Å²) >= 11 is 1.30. The summed E-state index contributed by atoms with van der Waals surface area (Å²) in [5.41, 5.74) is 3.06. The molecule has 2 aromatic carbocycles. The average Bonchev–Trinajstić information content (AvgIpc) is 3.41. The van der Waals surface area contributed by atoms with Gasteiger partial charge in [0.15, 0.2) is 5.76 Å². The molecule has 3 aromatic rings. The number of Topliss-reactive ketones (excluding diaryl/α,β-unsaturated/α-hetero) is 1. The molecule has 0 saturated carbocycles. The Hall–Kier alpha value is -3.38. The van der Waals surface area contributed by atoms with Gasteiger partial charge in [-0.1, -0.05) is 48.0 Å². The molecule has 2 heterocycles. The fraction of sp³-hybridized carbons (Fsp3) is 0.200. The second-order valence-corrected chi connectivity index (χ2v) is 8.43. The van der Waals surface area contributed by atoms with Gasteiger partial charge in [0.05, 0.1) is 23.6 Å². The molecule has 31 heavy (non-hydrogen) atoms. The lowest BCUT2D eigenvalue weighted by Gasteiger charge is -2.27. The fourth-order valence-corrected chi connectivity index (χ4v) is 4.47. The number of carbonyl (C=O) groups is 2. The molecule has 1 aliphatic rings. The number of aliphatic hydroxyl groups excluding tert-OH is 1. The van der Waals surface area contributed by atoms with Crippen LogP contribution in [0.2, 0.25) is 0 Å². The SMILES string of the molecule is COc1ccc(CCN2C(=O)C(O)=C(C(=O)c3cccs3)[C@@H]2c2ccc(C)cc2)cc1. The quantitative estimate of drug-likeness (QED) is 0.539. The van der Waals surface area contributed by atoms with Crippen molar-refractivity contribution in [3.63, 3.8) is 0 Å². The van der Waals surface area contributed by atoms with Crippen molar-refractivity contribution in [2.45, 2.75) is 19.4 Å². The van der Waals surface area contributed by atoms with Crippen molar-refractivity contribution in [2.24, 2.45) is 0 Å². The first kappa shape index (κ1) is 20.9. The molecule has 0 unspecified atom stereocenters. The van der Waals surface area contributed by atoms with Gasteiger partial charge in [-0.3, -0.25) is 9.59 Å². The van der Waals surface area contributed by atoms with E-state index in [1.807, 2.05) is 60.8 Å². The molecule has 1 atom stereocenters. The Morgan fingerprint density at radius 2 is 1.81 bits per heavy atom. The Bertz CT molecular complexity index is 1120. The molecule has 1 N–H and O–H groups in total. The Kier molecular flexibility index (Phi) is 5.91. The van der Waals surface area contributed by atoms with Crippen LogP contribution in [0.5, 0.6) is 5.75 Å². The first-order chi connectivity index (χ1) is 15.0. The highest BCUT2D eigenvalue weighted by atomic mass is 32.1. The maximum Gasteiger partial charge on any atom is 0.290 e. The van der Waals surface area contributed by atoms with Crippen molar-refractivity contribution in [3.05, 3.63) is 98.9 Å². The van der Waals surface area contributed by atoms with Gasteiger partial charge in [-0.15, -0.1) is 11.3 Å². The highest BCUT2D eigenvalue weighted by Gasteiger charge is 2.43. The summed E-state index contributed by atoms with van der Waals surface area (Å²) in [4.78, 5) is 28.3. The largest absolute Gasteiger partial charge is 0.503 e. The van der Waals surface area contributed by atoms with E-state index in [0.29, 0.717) is 17.8 Å². The third kappa shape index (κ3) is 4.11. The van der Waals surface area contributed by atoms with E-state index in [1.54, 1.807) is 24.1 Å². The number of aryl methyl sites for hydroxylation is 1. The van der Waals surface area contributed by atoms with Crippen LogP contribution in [0.15, 0.2) is 77.4 Å². The number of aliphatic hydroxyl groups is 1. The third-order valence-electron chi connectivity index (χ3n) is 5.49. The minimum atomic E-state index is -0.624. The van der Waals surface area contributed by atoms with Crippen LogP contribution in [0.4, 0.5) is 0 Å². The number of ketones is 1. The van der Waals surface area contributed by atoms with Gasteiger partial charge in [0.2, 0.25) is 5.78 Å². The first-order valence-corrected chi connectivity index (χ1v) is 10.9. The van der Waals surface area contributed by atoms with E-state index in [-0.39, 0.29) is 11.4 Å². The second-order valence-electron chi connectivity index (χ2n) is 7.48. The average molecular weight is 434 g/mol. The number of rotatable bonds is 7. The molecule has 1 aromatic heterocycles. The zero-order valence-corrected chi connectivity index (χ0v) is 18.2. The highest BCUT2D eigenvalue weighted by molar-refractivity contribution is 7.12. The smallest absolute Gasteiger partial charge is 0.290 e. The predicted molar refractivity (Wildman–Crippen MR) is 121 cm³/mol. The third-order valence-corrected chi connectivity index (χ3v) is 6.36. The van der Waals surface area contributed by atoms with Crippen LogP contribution in [0.25, 0.3) is 0 Å². The number of benzene rings is 2. The number of carbonyl (C=O) groups excluding carboxylic acids is 2. The van der Waals surface area contributed by atoms with Crippen LogP contribution < -0.4 is 4.74 Å². The molecule has 1 amide bonds. The molecule has 1 aliphatic heterocycles. The number of hydrogen-bond donors (Lipinski definition) is 1. The normalized spacial score (nSPS) is 16.1. The number of amides is 1. The van der Waals surface area contributed by atoms with Gasteiger partial charge < -0.3 is 14.7 Å². The van der Waals surface area contributed by atoms with E-state index in [1.165, 1.54) is 11.3 Å². The molecule has 0 bridgehead atoms. The van der Waals surface area contributed by atoms with Crippen molar-refractivity contribution in [1.29, 1.82) is 0 Å². The molecule has 0 radical (unpaired) electrons. The van der Waals surface area contributed by atoms with Crippen molar-refractivity contribution in [1.82, 2.24) is 4.90 Å². The molecular formula is C25H23NO4S. The number of thiophene rings is 1. The Balaban J connectivity index is 1.67. The molecule has 6 heteroatoms. The summed E-state index contributed by atoms with van der Waals surface area (Å²) in [6.45, 7) is 2.35. The molecular weight excluding hydrogens is 410 g/mol. The van der Waals surface area contributed by atoms with Crippen molar-refractivity contribution < 1.29 is 19.4 Å². The summed E-state index contributed by atoms with van der Waals surface area (Å²) in [5, 5.41) is 12.5. The molecule has 5 nitrogen and oxygen atoms in total. The van der Waals surface area contributed by atoms with Crippen molar-refractivity contribution in [3.8, 4) is 5.75 Å². The number of ether oxygens (including phenoxy) is 1. The summed E-state index contributed by atoms with van der Waals surface area (Å²) in [7, 11) is 1.62. The van der Waals surface area contributed by atoms with Crippen LogP contribution in [0.1, 0.15) is 32.4 Å². The number of hydrogen-bond acceptors (Lipinski definition) is 5. The molecule has 0 saturated heterocycles. The minimum absolute atomic E-state index is 0.144. The Labute approximate surface area is 185 Å². The van der Waals surface area contributed by atoms with Gasteiger partial charge >= 0.3 is 0 Å². The Morgan fingerprint density at radius 3 is 2.42 bits per heavy atom. The van der Waals surface area contributed by atoms with Gasteiger partial charge in [0.1, 0.15) is 5.75 Å². The Morgan fingerprint density at radius 1 is 1.10 bits per heavy atom. The first-order valence-electron chi connectivity index (χ1n) is 10.0. The zero-order valence-electron chi connectivity index (χ0n) is 17.4. The van der Waals surface area contributed by atoms with Gasteiger partial charge in [-0.05, 0) is 48.1 Å². The summed E-state index contributed by atoms with van der Waals surface area (Å²) in [5.74, 6) is -0.516. The van der Waals surface area contributed by atoms with E-state index in [9.17, 15) is 14.7 Å². The monoisotopic (exact) mass is 433 g/mol. The van der Waals surface area contributed by atoms with Gasteiger partial charge in [0, 0.05) is 6.54 Å². The van der Waals surface area contributed by atoms with Gasteiger partial charge in [-0.25, -0.2) is 0 Å². The summed E-state index contributed by atoms with van der Waals surface area (Å²) in [6, 6.07) is 18.2. The van der Waals surface area contributed by atoms with Crippen LogP contribution >= 0.6 is 11.3 Å². The van der Waals surface area contributed by atoms with Crippen LogP contribution in [-0.4, -0.2) is 35.4 Å². The van der Waals surface area contributed by atoms with Gasteiger partial charge in [0.25, 0.3) is 5.91 Å². The fourth-order valence-electron chi connectivity index (χ4n) is 3.79. The minimum Gasteiger partial charge on any atom is -0.503 e. The molecule has 158 valence electrons. The van der Waals surface area contributed by atoms with Crippen LogP contribution in [0, 0.1) is 6.92 Å². The van der Waals surface area contributed by atoms with Crippen molar-refractivity contribution >= 4 is 23.0 Å². The van der Waals surface area contributed by atoms with Crippen LogP contribution in [0.3, 0.4) is 0 Å². The lowest BCUT2D eigenvalue weighted by molar-refractivity contribution is -0.129.